The fourth-order valence-electron chi connectivity index (χ4n) is 4.40. The lowest BCUT2D eigenvalue weighted by molar-refractivity contribution is 0.321. The zero-order chi connectivity index (χ0) is 19.3. The molecular weight excluding hydrogens is 375 g/mol. The summed E-state index contributed by atoms with van der Waals surface area (Å²) < 4.78 is 39.4. The molecule has 2 atom stereocenters. The standard InChI is InChI=1S/C22H19FN2O2S/c23-17-7-4-15(5-8-17)16-6-9-21-19(11-16)20-13-25(14-22(20)28(21,26)27)12-18-3-1-2-10-24-18/h1-11,20,22H,12-14H2/t20-,22+/m0/s1. The van der Waals surface area contributed by atoms with Crippen LogP contribution < -0.4 is 0 Å². The van der Waals surface area contributed by atoms with Crippen LogP contribution in [0.15, 0.2) is 71.8 Å². The van der Waals surface area contributed by atoms with Gasteiger partial charge in [0.05, 0.1) is 15.8 Å². The molecule has 4 nitrogen and oxygen atoms in total. The number of halogens is 1. The third-order valence-electron chi connectivity index (χ3n) is 5.75. The maximum atomic E-state index is 13.2. The van der Waals surface area contributed by atoms with Crippen LogP contribution in [0, 0.1) is 5.82 Å². The van der Waals surface area contributed by atoms with E-state index < -0.39 is 15.1 Å². The van der Waals surface area contributed by atoms with Gasteiger partial charge in [-0.3, -0.25) is 9.88 Å². The summed E-state index contributed by atoms with van der Waals surface area (Å²) in [5, 5.41) is -0.408. The molecule has 5 rings (SSSR count). The second-order valence-corrected chi connectivity index (χ2v) is 9.60. The van der Waals surface area contributed by atoms with Gasteiger partial charge in [-0.1, -0.05) is 24.3 Å². The molecule has 142 valence electrons. The first-order chi connectivity index (χ1) is 13.5. The Hall–Kier alpha value is -2.57. The van der Waals surface area contributed by atoms with Crippen LogP contribution in [0.25, 0.3) is 11.1 Å². The summed E-state index contributed by atoms with van der Waals surface area (Å²) in [6.45, 7) is 1.86. The molecule has 0 radical (unpaired) electrons. The summed E-state index contributed by atoms with van der Waals surface area (Å²) in [5.41, 5.74) is 3.63. The van der Waals surface area contributed by atoms with Crippen molar-refractivity contribution in [3.63, 3.8) is 0 Å². The lowest BCUT2D eigenvalue weighted by Gasteiger charge is -2.17. The van der Waals surface area contributed by atoms with Crippen molar-refractivity contribution in [1.82, 2.24) is 9.88 Å². The third kappa shape index (κ3) is 2.84. The van der Waals surface area contributed by atoms with E-state index in [0.717, 1.165) is 22.4 Å². The molecule has 28 heavy (non-hydrogen) atoms. The van der Waals surface area contributed by atoms with E-state index >= 15 is 0 Å². The van der Waals surface area contributed by atoms with Crippen LogP contribution in [-0.4, -0.2) is 36.6 Å². The van der Waals surface area contributed by atoms with Gasteiger partial charge in [0, 0.05) is 31.7 Å². The number of fused-ring (bicyclic) bond motifs is 3. The second-order valence-electron chi connectivity index (χ2n) is 7.46. The average Bonchev–Trinajstić information content (AvgIpc) is 3.21. The molecule has 6 heteroatoms. The Kier molecular flexibility index (Phi) is 4.07. The Morgan fingerprint density at radius 1 is 1.00 bits per heavy atom. The number of rotatable bonds is 3. The fraction of sp³-hybridized carbons (Fsp3) is 0.227. The first kappa shape index (κ1) is 17.5. The molecular formula is C22H19FN2O2S. The van der Waals surface area contributed by atoms with Crippen molar-refractivity contribution < 1.29 is 12.8 Å². The highest BCUT2D eigenvalue weighted by Gasteiger charge is 2.50. The number of pyridine rings is 1. The number of benzene rings is 2. The molecule has 0 aliphatic carbocycles. The van der Waals surface area contributed by atoms with Gasteiger partial charge in [0.2, 0.25) is 0 Å². The Bertz CT molecular complexity index is 1130. The van der Waals surface area contributed by atoms with Gasteiger partial charge < -0.3 is 0 Å². The minimum absolute atomic E-state index is 0.0379. The summed E-state index contributed by atoms with van der Waals surface area (Å²) in [4.78, 5) is 6.98. The van der Waals surface area contributed by atoms with Gasteiger partial charge in [-0.05, 0) is 53.1 Å². The number of aromatic nitrogens is 1. The van der Waals surface area contributed by atoms with E-state index in [2.05, 4.69) is 9.88 Å². The predicted octanol–water partition coefficient (Wildman–Crippen LogP) is 3.64. The molecule has 2 aromatic carbocycles. The molecule has 0 bridgehead atoms. The predicted molar refractivity (Wildman–Crippen MR) is 105 cm³/mol. The van der Waals surface area contributed by atoms with Crippen LogP contribution >= 0.6 is 0 Å². The number of hydrogen-bond acceptors (Lipinski definition) is 4. The first-order valence-electron chi connectivity index (χ1n) is 9.28. The van der Waals surface area contributed by atoms with Crippen LogP contribution in [0.5, 0.6) is 0 Å². The zero-order valence-corrected chi connectivity index (χ0v) is 15.9. The van der Waals surface area contributed by atoms with Crippen molar-refractivity contribution in [2.24, 2.45) is 0 Å². The van der Waals surface area contributed by atoms with Gasteiger partial charge in [0.15, 0.2) is 9.84 Å². The Morgan fingerprint density at radius 2 is 1.79 bits per heavy atom. The molecule has 2 aliphatic rings. The molecule has 0 saturated carbocycles. The molecule has 3 heterocycles. The van der Waals surface area contributed by atoms with Crippen LogP contribution in [0.3, 0.4) is 0 Å². The minimum atomic E-state index is -3.34. The maximum Gasteiger partial charge on any atom is 0.183 e. The normalized spacial score (nSPS) is 22.8. The highest BCUT2D eigenvalue weighted by molar-refractivity contribution is 7.92. The van der Waals surface area contributed by atoms with Crippen LogP contribution in [0.2, 0.25) is 0 Å². The molecule has 1 fully saturated rings. The summed E-state index contributed by atoms with van der Waals surface area (Å²) in [6.07, 6.45) is 1.76. The van der Waals surface area contributed by atoms with Gasteiger partial charge in [0.1, 0.15) is 5.82 Å². The second kappa shape index (κ2) is 6.50. The number of hydrogen-bond donors (Lipinski definition) is 0. The molecule has 0 amide bonds. The Morgan fingerprint density at radius 3 is 2.54 bits per heavy atom. The van der Waals surface area contributed by atoms with E-state index in [1.54, 1.807) is 24.4 Å². The van der Waals surface area contributed by atoms with E-state index in [4.69, 9.17) is 0 Å². The Labute approximate surface area is 163 Å². The van der Waals surface area contributed by atoms with Crippen LogP contribution in [-0.2, 0) is 16.4 Å². The molecule has 1 aromatic heterocycles. The van der Waals surface area contributed by atoms with E-state index in [0.29, 0.717) is 24.5 Å². The lowest BCUT2D eigenvalue weighted by Crippen LogP contribution is -2.26. The van der Waals surface area contributed by atoms with Crippen LogP contribution in [0.1, 0.15) is 17.2 Å². The van der Waals surface area contributed by atoms with Crippen molar-refractivity contribution in [3.05, 3.63) is 83.9 Å². The third-order valence-corrected chi connectivity index (χ3v) is 8.01. The summed E-state index contributed by atoms with van der Waals surface area (Å²) in [5.74, 6) is -0.322. The number of nitrogens with zero attached hydrogens (tertiary/aromatic N) is 2. The summed E-state index contributed by atoms with van der Waals surface area (Å²) >= 11 is 0. The SMILES string of the molecule is O=S1(=O)c2ccc(-c3ccc(F)cc3)cc2[C@@H]2CN(Cc3ccccn3)C[C@H]21. The number of sulfone groups is 1. The van der Waals surface area contributed by atoms with Crippen molar-refractivity contribution in [1.29, 1.82) is 0 Å². The highest BCUT2D eigenvalue weighted by Crippen LogP contribution is 2.46. The van der Waals surface area contributed by atoms with E-state index in [1.807, 2.05) is 30.3 Å². The molecule has 1 saturated heterocycles. The molecule has 0 unspecified atom stereocenters. The van der Waals surface area contributed by atoms with Crippen molar-refractivity contribution in [3.8, 4) is 11.1 Å². The van der Waals surface area contributed by atoms with Gasteiger partial charge in [0.25, 0.3) is 0 Å². The van der Waals surface area contributed by atoms with E-state index in [-0.39, 0.29) is 11.7 Å². The van der Waals surface area contributed by atoms with Gasteiger partial charge in [-0.2, -0.15) is 0 Å². The van der Waals surface area contributed by atoms with Gasteiger partial charge in [-0.15, -0.1) is 0 Å². The monoisotopic (exact) mass is 394 g/mol. The topological polar surface area (TPSA) is 50.3 Å². The molecule has 0 N–H and O–H groups in total. The lowest BCUT2D eigenvalue weighted by atomic mass is 9.94. The van der Waals surface area contributed by atoms with E-state index in [9.17, 15) is 12.8 Å². The fourth-order valence-corrected chi connectivity index (χ4v) is 6.59. The average molecular weight is 394 g/mol. The molecule has 0 spiro atoms. The number of likely N-dealkylation sites (tertiary alicyclic amines) is 1. The van der Waals surface area contributed by atoms with Crippen molar-refractivity contribution >= 4 is 9.84 Å². The van der Waals surface area contributed by atoms with Crippen molar-refractivity contribution in [2.45, 2.75) is 22.6 Å². The maximum absolute atomic E-state index is 13.2. The first-order valence-corrected chi connectivity index (χ1v) is 10.8. The largest absolute Gasteiger partial charge is 0.296 e. The molecule has 2 aliphatic heterocycles. The Balaban J connectivity index is 1.48. The summed E-state index contributed by atoms with van der Waals surface area (Å²) in [7, 11) is -3.34. The minimum Gasteiger partial charge on any atom is -0.296 e. The highest BCUT2D eigenvalue weighted by atomic mass is 32.2. The van der Waals surface area contributed by atoms with Crippen molar-refractivity contribution in [2.75, 3.05) is 13.1 Å². The van der Waals surface area contributed by atoms with E-state index in [1.165, 1.54) is 12.1 Å². The zero-order valence-electron chi connectivity index (χ0n) is 15.1. The van der Waals surface area contributed by atoms with Gasteiger partial charge in [-0.25, -0.2) is 12.8 Å². The summed E-state index contributed by atoms with van der Waals surface area (Å²) in [6, 6.07) is 17.6. The smallest absolute Gasteiger partial charge is 0.183 e. The quantitative estimate of drug-likeness (QED) is 0.681. The molecule has 3 aromatic rings. The van der Waals surface area contributed by atoms with Crippen LogP contribution in [0.4, 0.5) is 4.39 Å². The van der Waals surface area contributed by atoms with Gasteiger partial charge >= 0.3 is 0 Å².